The highest BCUT2D eigenvalue weighted by Gasteiger charge is 2.15. The molecule has 1 aromatic carbocycles. The predicted molar refractivity (Wildman–Crippen MR) is 106 cm³/mol. The summed E-state index contributed by atoms with van der Waals surface area (Å²) < 4.78 is 10.8. The number of carbonyl (C=O) groups is 2. The zero-order valence-electron chi connectivity index (χ0n) is 15.7. The number of hydrogen-bond donors (Lipinski definition) is 2. The number of morpholine rings is 1. The molecule has 0 unspecified atom stereocenters. The number of nitrogens with zero attached hydrogens (tertiary/aromatic N) is 2. The monoisotopic (exact) mass is 408 g/mol. The molecule has 2 N–H and O–H groups in total. The van der Waals surface area contributed by atoms with Gasteiger partial charge in [-0.1, -0.05) is 11.6 Å². The van der Waals surface area contributed by atoms with E-state index >= 15 is 0 Å². The van der Waals surface area contributed by atoms with Crippen LogP contribution in [0, 0.1) is 0 Å². The van der Waals surface area contributed by atoms with E-state index in [-0.39, 0.29) is 18.4 Å². The summed E-state index contributed by atoms with van der Waals surface area (Å²) in [4.78, 5) is 25.5. The van der Waals surface area contributed by atoms with E-state index in [2.05, 4.69) is 20.7 Å². The second-order valence-electron chi connectivity index (χ2n) is 6.68. The van der Waals surface area contributed by atoms with Crippen LogP contribution in [-0.4, -0.2) is 68.4 Å². The van der Waals surface area contributed by atoms with Crippen molar-refractivity contribution in [3.8, 4) is 5.75 Å². The van der Waals surface area contributed by atoms with Gasteiger partial charge in [-0.2, -0.15) is 5.10 Å². The van der Waals surface area contributed by atoms with E-state index in [4.69, 9.17) is 21.1 Å². The molecule has 1 fully saturated rings. The van der Waals surface area contributed by atoms with E-state index in [1.165, 1.54) is 0 Å². The van der Waals surface area contributed by atoms with Crippen LogP contribution in [0.3, 0.4) is 0 Å². The first kappa shape index (κ1) is 20.6. The second kappa shape index (κ2) is 10.4. The number of nitrogens with one attached hydrogen (secondary N) is 2. The van der Waals surface area contributed by atoms with Gasteiger partial charge in [0, 0.05) is 32.5 Å². The van der Waals surface area contributed by atoms with Crippen LogP contribution in [0.4, 0.5) is 0 Å². The van der Waals surface area contributed by atoms with Crippen molar-refractivity contribution >= 4 is 29.1 Å². The maximum atomic E-state index is 12.0. The van der Waals surface area contributed by atoms with Crippen LogP contribution in [0.15, 0.2) is 23.3 Å². The number of carbonyl (C=O) groups excluding carboxylic acids is 2. The molecule has 28 heavy (non-hydrogen) atoms. The predicted octanol–water partition coefficient (Wildman–Crippen LogP) is 1.17. The number of halogens is 1. The Labute approximate surface area is 169 Å². The van der Waals surface area contributed by atoms with Crippen molar-refractivity contribution in [3.05, 3.63) is 28.8 Å². The molecule has 0 saturated carbocycles. The number of ether oxygens (including phenoxy) is 2. The van der Waals surface area contributed by atoms with Crippen molar-refractivity contribution in [3.63, 3.8) is 0 Å². The van der Waals surface area contributed by atoms with E-state index in [0.717, 1.165) is 50.5 Å². The molecule has 8 nitrogen and oxygen atoms in total. The highest BCUT2D eigenvalue weighted by molar-refractivity contribution is 6.32. The number of benzene rings is 1. The summed E-state index contributed by atoms with van der Waals surface area (Å²) in [6, 6.07) is 5.26. The van der Waals surface area contributed by atoms with Gasteiger partial charge in [0.2, 0.25) is 5.91 Å². The number of amides is 2. The van der Waals surface area contributed by atoms with Gasteiger partial charge in [-0.3, -0.25) is 14.5 Å². The molecular weight excluding hydrogens is 384 g/mol. The Balaban J connectivity index is 1.39. The summed E-state index contributed by atoms with van der Waals surface area (Å²) in [6.07, 6.45) is 1.86. The fraction of sp³-hybridized carbons (Fsp3) is 0.526. The minimum atomic E-state index is -0.179. The maximum absolute atomic E-state index is 12.0. The van der Waals surface area contributed by atoms with Crippen molar-refractivity contribution in [2.45, 2.75) is 19.3 Å². The summed E-state index contributed by atoms with van der Waals surface area (Å²) in [5.74, 6) is 0.168. The summed E-state index contributed by atoms with van der Waals surface area (Å²) in [5, 5.41) is 7.30. The minimum Gasteiger partial charge on any atom is -0.482 e. The van der Waals surface area contributed by atoms with Gasteiger partial charge in [-0.15, -0.1) is 0 Å². The first-order chi connectivity index (χ1) is 13.6. The molecule has 0 aliphatic carbocycles. The Morgan fingerprint density at radius 2 is 2.14 bits per heavy atom. The third-order valence-corrected chi connectivity index (χ3v) is 4.90. The van der Waals surface area contributed by atoms with Crippen molar-refractivity contribution in [1.82, 2.24) is 15.6 Å². The second-order valence-corrected chi connectivity index (χ2v) is 7.09. The lowest BCUT2D eigenvalue weighted by Gasteiger charge is -2.26. The molecule has 0 bridgehead atoms. The van der Waals surface area contributed by atoms with Crippen LogP contribution in [0.2, 0.25) is 5.02 Å². The molecule has 9 heteroatoms. The third kappa shape index (κ3) is 6.19. The lowest BCUT2D eigenvalue weighted by molar-refractivity contribution is -0.123. The fourth-order valence-corrected chi connectivity index (χ4v) is 3.26. The van der Waals surface area contributed by atoms with Crippen molar-refractivity contribution in [2.24, 2.45) is 5.10 Å². The molecule has 152 valence electrons. The van der Waals surface area contributed by atoms with Crippen LogP contribution in [0.1, 0.15) is 24.8 Å². The molecule has 0 atom stereocenters. The Kier molecular flexibility index (Phi) is 7.64. The number of hydrazone groups is 1. The Bertz CT molecular complexity index is 735. The Morgan fingerprint density at radius 3 is 2.86 bits per heavy atom. The first-order valence-corrected chi connectivity index (χ1v) is 9.84. The molecule has 1 saturated heterocycles. The van der Waals surface area contributed by atoms with E-state index in [1.54, 1.807) is 12.1 Å². The zero-order chi connectivity index (χ0) is 19.8. The molecule has 1 aromatic rings. The first-order valence-electron chi connectivity index (χ1n) is 9.47. The third-order valence-electron chi connectivity index (χ3n) is 4.61. The number of hydrogen-bond acceptors (Lipinski definition) is 6. The quantitative estimate of drug-likeness (QED) is 0.630. The average molecular weight is 409 g/mol. The summed E-state index contributed by atoms with van der Waals surface area (Å²) in [7, 11) is 0. The average Bonchev–Trinajstić information content (AvgIpc) is 2.71. The van der Waals surface area contributed by atoms with Gasteiger partial charge in [0.1, 0.15) is 5.75 Å². The van der Waals surface area contributed by atoms with Gasteiger partial charge in [0.15, 0.2) is 6.61 Å². The standard InChI is InChI=1S/C19H25ClN4O4/c20-15-12-14(16-3-5-18(25)23-22-16)2-4-17(15)28-13-19(26)21-6-1-7-24-8-10-27-11-9-24/h2,4,12H,1,3,5-11,13H2,(H,21,26)(H,23,25). The highest BCUT2D eigenvalue weighted by Crippen LogP contribution is 2.26. The zero-order valence-corrected chi connectivity index (χ0v) is 16.5. The molecule has 2 aliphatic heterocycles. The summed E-state index contributed by atoms with van der Waals surface area (Å²) >= 11 is 6.26. The lowest BCUT2D eigenvalue weighted by Crippen LogP contribution is -2.38. The van der Waals surface area contributed by atoms with Gasteiger partial charge in [-0.05, 0) is 36.7 Å². The van der Waals surface area contributed by atoms with E-state index in [9.17, 15) is 9.59 Å². The highest BCUT2D eigenvalue weighted by atomic mass is 35.5. The molecule has 0 spiro atoms. The van der Waals surface area contributed by atoms with Gasteiger partial charge in [0.05, 0.1) is 23.9 Å². The van der Waals surface area contributed by atoms with E-state index in [1.807, 2.05) is 6.07 Å². The molecule has 3 rings (SSSR count). The normalized spacial score (nSPS) is 17.6. The molecule has 0 radical (unpaired) electrons. The molecule has 2 amide bonds. The molecule has 0 aromatic heterocycles. The van der Waals surface area contributed by atoms with Crippen molar-refractivity contribution in [2.75, 3.05) is 46.0 Å². The largest absolute Gasteiger partial charge is 0.482 e. The number of rotatable bonds is 8. The van der Waals surface area contributed by atoms with Gasteiger partial charge >= 0.3 is 0 Å². The van der Waals surface area contributed by atoms with Crippen LogP contribution in [0.25, 0.3) is 0 Å². The molecular formula is C19H25ClN4O4. The molecule has 2 aliphatic rings. The SMILES string of the molecule is O=C(COc1ccc(C2=NNC(=O)CC2)cc1Cl)NCCCN1CCOCC1. The van der Waals surface area contributed by atoms with Crippen molar-refractivity contribution in [1.29, 1.82) is 0 Å². The van der Waals surface area contributed by atoms with E-state index < -0.39 is 0 Å². The fourth-order valence-electron chi connectivity index (χ4n) is 3.03. The van der Waals surface area contributed by atoms with Gasteiger partial charge in [-0.25, -0.2) is 5.43 Å². The van der Waals surface area contributed by atoms with E-state index in [0.29, 0.717) is 30.2 Å². The lowest BCUT2D eigenvalue weighted by atomic mass is 10.0. The van der Waals surface area contributed by atoms with Crippen LogP contribution in [-0.2, 0) is 14.3 Å². The van der Waals surface area contributed by atoms with Crippen LogP contribution in [0.5, 0.6) is 5.75 Å². The topological polar surface area (TPSA) is 92.3 Å². The maximum Gasteiger partial charge on any atom is 0.257 e. The Morgan fingerprint density at radius 1 is 1.32 bits per heavy atom. The summed E-state index contributed by atoms with van der Waals surface area (Å²) in [6.45, 7) is 4.92. The minimum absolute atomic E-state index is 0.0897. The van der Waals surface area contributed by atoms with Crippen LogP contribution >= 0.6 is 11.6 Å². The van der Waals surface area contributed by atoms with Crippen LogP contribution < -0.4 is 15.5 Å². The summed E-state index contributed by atoms with van der Waals surface area (Å²) in [5.41, 5.74) is 4.06. The Hall–Kier alpha value is -2.16. The smallest absolute Gasteiger partial charge is 0.257 e. The van der Waals surface area contributed by atoms with Crippen molar-refractivity contribution < 1.29 is 19.1 Å². The van der Waals surface area contributed by atoms with Gasteiger partial charge < -0.3 is 14.8 Å². The molecule has 2 heterocycles. The van der Waals surface area contributed by atoms with Gasteiger partial charge in [0.25, 0.3) is 5.91 Å².